The molecule has 0 N–H and O–H groups in total. The smallest absolute Gasteiger partial charge is 0.135 e. The van der Waals surface area contributed by atoms with Gasteiger partial charge >= 0.3 is 0 Å². The van der Waals surface area contributed by atoms with Crippen LogP contribution < -0.4 is 4.90 Å². The predicted octanol–water partition coefficient (Wildman–Crippen LogP) is 13.1. The monoisotopic (exact) mass is 651 g/mol. The molecule has 0 unspecified atom stereocenters. The average molecular weight is 652 g/mol. The first kappa shape index (κ1) is 29.3. The highest BCUT2D eigenvalue weighted by Crippen LogP contribution is 2.57. The summed E-state index contributed by atoms with van der Waals surface area (Å²) in [7, 11) is 0. The third-order valence-corrected chi connectivity index (χ3v) is 10.6. The molecule has 9 aromatic rings. The Bertz CT molecular complexity index is 2640. The van der Waals surface area contributed by atoms with Gasteiger partial charge < -0.3 is 9.32 Å². The SMILES string of the molecule is c1ccc(N(c2ccc(-c3ccc4oc5ccccc5c4c3)cc2)c2ccc3c(c2)C(c2ccccc2)(c2ccccc2)c2ccccc2-3)cc1. The molecule has 1 aromatic heterocycles. The van der Waals surface area contributed by atoms with Gasteiger partial charge in [-0.3, -0.25) is 0 Å². The lowest BCUT2D eigenvalue weighted by Gasteiger charge is -2.35. The molecule has 0 atom stereocenters. The fourth-order valence-electron chi connectivity index (χ4n) is 8.30. The van der Waals surface area contributed by atoms with E-state index in [1.165, 1.54) is 33.4 Å². The highest BCUT2D eigenvalue weighted by molar-refractivity contribution is 6.06. The second-order valence-electron chi connectivity index (χ2n) is 13.3. The van der Waals surface area contributed by atoms with Crippen molar-refractivity contribution in [2.24, 2.45) is 0 Å². The van der Waals surface area contributed by atoms with E-state index >= 15 is 0 Å². The summed E-state index contributed by atoms with van der Waals surface area (Å²) in [5, 5.41) is 2.28. The van der Waals surface area contributed by atoms with Crippen LogP contribution in [0.25, 0.3) is 44.2 Å². The summed E-state index contributed by atoms with van der Waals surface area (Å²) >= 11 is 0. The van der Waals surface area contributed by atoms with Crippen molar-refractivity contribution < 1.29 is 4.42 Å². The molecule has 51 heavy (non-hydrogen) atoms. The molecule has 1 aliphatic rings. The van der Waals surface area contributed by atoms with E-state index < -0.39 is 5.41 Å². The number of fused-ring (bicyclic) bond motifs is 6. The van der Waals surface area contributed by atoms with Crippen molar-refractivity contribution in [3.8, 4) is 22.3 Å². The molecule has 2 nitrogen and oxygen atoms in total. The van der Waals surface area contributed by atoms with E-state index in [2.05, 4.69) is 193 Å². The van der Waals surface area contributed by atoms with Crippen LogP contribution in [0.1, 0.15) is 22.3 Å². The first-order valence-corrected chi connectivity index (χ1v) is 17.5. The zero-order valence-corrected chi connectivity index (χ0v) is 27.9. The van der Waals surface area contributed by atoms with Crippen molar-refractivity contribution >= 4 is 39.0 Å². The van der Waals surface area contributed by atoms with Gasteiger partial charge in [0.1, 0.15) is 11.2 Å². The summed E-state index contributed by atoms with van der Waals surface area (Å²) in [4.78, 5) is 2.38. The van der Waals surface area contributed by atoms with Gasteiger partial charge in [-0.2, -0.15) is 0 Å². The predicted molar refractivity (Wildman–Crippen MR) is 211 cm³/mol. The number of hydrogen-bond donors (Lipinski definition) is 0. The van der Waals surface area contributed by atoms with Gasteiger partial charge in [-0.1, -0.05) is 146 Å². The molecule has 0 radical (unpaired) electrons. The lowest BCUT2D eigenvalue weighted by Crippen LogP contribution is -2.28. The summed E-state index contributed by atoms with van der Waals surface area (Å²) in [5.41, 5.74) is 14.7. The Kier molecular flexibility index (Phi) is 6.75. The Labute approximate surface area is 297 Å². The number of nitrogens with zero attached hydrogens (tertiary/aromatic N) is 1. The molecule has 0 fully saturated rings. The maximum Gasteiger partial charge on any atom is 0.135 e. The quantitative estimate of drug-likeness (QED) is 0.178. The molecule has 2 heteroatoms. The van der Waals surface area contributed by atoms with Crippen LogP contribution in [0, 0.1) is 0 Å². The van der Waals surface area contributed by atoms with E-state index in [1.807, 2.05) is 12.1 Å². The first-order chi connectivity index (χ1) is 25.3. The minimum Gasteiger partial charge on any atom is -0.456 e. The fourth-order valence-corrected chi connectivity index (χ4v) is 8.30. The minimum atomic E-state index is -0.466. The van der Waals surface area contributed by atoms with Crippen molar-refractivity contribution in [2.45, 2.75) is 5.41 Å². The normalized spacial score (nSPS) is 12.9. The molecule has 1 aliphatic carbocycles. The van der Waals surface area contributed by atoms with Gasteiger partial charge in [0, 0.05) is 27.8 Å². The van der Waals surface area contributed by atoms with Gasteiger partial charge in [0.05, 0.1) is 5.41 Å². The van der Waals surface area contributed by atoms with E-state index in [0.29, 0.717) is 0 Å². The van der Waals surface area contributed by atoms with Crippen LogP contribution in [0.5, 0.6) is 0 Å². The molecular weight excluding hydrogens is 619 g/mol. The largest absolute Gasteiger partial charge is 0.456 e. The highest BCUT2D eigenvalue weighted by Gasteiger charge is 2.46. The van der Waals surface area contributed by atoms with Crippen molar-refractivity contribution in [2.75, 3.05) is 4.90 Å². The molecule has 0 saturated heterocycles. The van der Waals surface area contributed by atoms with Crippen LogP contribution >= 0.6 is 0 Å². The second-order valence-corrected chi connectivity index (χ2v) is 13.3. The number of para-hydroxylation sites is 2. The first-order valence-electron chi connectivity index (χ1n) is 17.5. The molecule has 0 amide bonds. The molecule has 240 valence electrons. The van der Waals surface area contributed by atoms with Crippen LogP contribution in [0.4, 0.5) is 17.1 Å². The summed E-state index contributed by atoms with van der Waals surface area (Å²) < 4.78 is 6.11. The summed E-state index contributed by atoms with van der Waals surface area (Å²) in [6, 6.07) is 72.3. The maximum atomic E-state index is 6.11. The van der Waals surface area contributed by atoms with Crippen LogP contribution in [-0.2, 0) is 5.41 Å². The van der Waals surface area contributed by atoms with Gasteiger partial charge in [-0.05, 0) is 99.1 Å². The lowest BCUT2D eigenvalue weighted by atomic mass is 9.67. The Morgan fingerprint density at radius 2 is 0.902 bits per heavy atom. The van der Waals surface area contributed by atoms with Crippen molar-refractivity contribution in [3.05, 3.63) is 222 Å². The summed E-state index contributed by atoms with van der Waals surface area (Å²) in [5.74, 6) is 0. The topological polar surface area (TPSA) is 16.4 Å². The second kappa shape index (κ2) is 11.8. The average Bonchev–Trinajstić information content (AvgIpc) is 3.73. The van der Waals surface area contributed by atoms with Crippen molar-refractivity contribution in [3.63, 3.8) is 0 Å². The highest BCUT2D eigenvalue weighted by atomic mass is 16.3. The number of furan rings is 1. The van der Waals surface area contributed by atoms with Crippen LogP contribution in [0.2, 0.25) is 0 Å². The van der Waals surface area contributed by atoms with Crippen LogP contribution in [0.15, 0.2) is 205 Å². The Balaban J connectivity index is 1.14. The van der Waals surface area contributed by atoms with Gasteiger partial charge in [-0.25, -0.2) is 0 Å². The maximum absolute atomic E-state index is 6.11. The molecular formula is C49H33NO. The molecule has 0 aliphatic heterocycles. The number of hydrogen-bond acceptors (Lipinski definition) is 2. The van der Waals surface area contributed by atoms with Crippen molar-refractivity contribution in [1.29, 1.82) is 0 Å². The fraction of sp³-hybridized carbons (Fsp3) is 0.0204. The molecule has 1 heterocycles. The molecule has 0 bridgehead atoms. The van der Waals surface area contributed by atoms with Gasteiger partial charge in [0.25, 0.3) is 0 Å². The number of benzene rings is 8. The van der Waals surface area contributed by atoms with Crippen LogP contribution in [0.3, 0.4) is 0 Å². The van der Waals surface area contributed by atoms with E-state index in [-0.39, 0.29) is 0 Å². The Hall–Kier alpha value is -6.64. The molecule has 0 saturated carbocycles. The molecule has 8 aromatic carbocycles. The van der Waals surface area contributed by atoms with E-state index in [1.54, 1.807) is 0 Å². The zero-order chi connectivity index (χ0) is 33.8. The van der Waals surface area contributed by atoms with Crippen molar-refractivity contribution in [1.82, 2.24) is 0 Å². The summed E-state index contributed by atoms with van der Waals surface area (Å²) in [6.45, 7) is 0. The van der Waals surface area contributed by atoms with Crippen LogP contribution in [-0.4, -0.2) is 0 Å². The zero-order valence-electron chi connectivity index (χ0n) is 27.9. The lowest BCUT2D eigenvalue weighted by molar-refractivity contribution is 0.669. The summed E-state index contributed by atoms with van der Waals surface area (Å²) in [6.07, 6.45) is 0. The van der Waals surface area contributed by atoms with E-state index in [0.717, 1.165) is 50.1 Å². The molecule has 0 spiro atoms. The number of rotatable bonds is 6. The standard InChI is InChI=1S/C49H33NO/c1-4-14-36(15-5-1)49(37-16-6-2-7-17-37)45-22-12-10-20-41(45)42-30-29-40(33-46(42)49)50(38-18-8-3-9-19-38)39-27-24-34(25-28-39)35-26-31-48-44(32-35)43-21-11-13-23-47(43)51-48/h1-33H. The van der Waals surface area contributed by atoms with Gasteiger partial charge in [0.15, 0.2) is 0 Å². The minimum absolute atomic E-state index is 0.466. The molecule has 10 rings (SSSR count). The Morgan fingerprint density at radius 1 is 0.353 bits per heavy atom. The Morgan fingerprint density at radius 3 is 1.65 bits per heavy atom. The van der Waals surface area contributed by atoms with Gasteiger partial charge in [0.2, 0.25) is 0 Å². The van der Waals surface area contributed by atoms with Gasteiger partial charge in [-0.15, -0.1) is 0 Å². The van der Waals surface area contributed by atoms with E-state index in [4.69, 9.17) is 4.42 Å². The number of anilines is 3. The third-order valence-electron chi connectivity index (χ3n) is 10.6. The van der Waals surface area contributed by atoms with E-state index in [9.17, 15) is 0 Å². The third kappa shape index (κ3) is 4.57.